The van der Waals surface area contributed by atoms with Crippen LogP contribution >= 0.6 is 0 Å². The van der Waals surface area contributed by atoms with E-state index in [2.05, 4.69) is 37.7 Å². The molecule has 168 valence electrons. The first kappa shape index (κ1) is 21.8. The van der Waals surface area contributed by atoms with Crippen LogP contribution in [-0.2, 0) is 20.9 Å². The maximum Gasteiger partial charge on any atom is 0.335 e. The maximum absolute atomic E-state index is 11.6. The van der Waals surface area contributed by atoms with E-state index in [0.717, 1.165) is 12.8 Å². The van der Waals surface area contributed by atoms with Crippen molar-refractivity contribution in [2.45, 2.75) is 56.6 Å². The van der Waals surface area contributed by atoms with Gasteiger partial charge in [-0.25, -0.2) is 0 Å². The lowest BCUT2D eigenvalue weighted by Gasteiger charge is -2.19. The van der Waals surface area contributed by atoms with E-state index < -0.39 is 34.7 Å². The standard InChI is InChI=1S/C19H26N6O5S/c1-10-21-18(23-13-8-7-11-5-3-4-6-12(11)13)25-19(22-10)24-14-9-15(17(27)16(14)26)30-31(28,29)20-2/h3-6,13-17,20,26-27H,7-9H2,1-2H3,(H2,21,22,23,24,25)/t13-,14+,15+,16-,17-/m0/s1. The molecule has 0 bridgehead atoms. The number of nitrogens with one attached hydrogen (secondary N) is 3. The Bertz CT molecular complexity index is 1050. The molecule has 0 spiro atoms. The molecule has 5 atom stereocenters. The van der Waals surface area contributed by atoms with Gasteiger partial charge >= 0.3 is 10.3 Å². The molecule has 5 N–H and O–H groups in total. The topological polar surface area (TPSA) is 159 Å². The van der Waals surface area contributed by atoms with Crippen molar-refractivity contribution in [1.82, 2.24) is 19.7 Å². The van der Waals surface area contributed by atoms with Crippen LogP contribution < -0.4 is 15.4 Å². The normalized spacial score (nSPS) is 27.8. The Kier molecular flexibility index (Phi) is 6.08. The Morgan fingerprint density at radius 3 is 2.52 bits per heavy atom. The quantitative estimate of drug-likeness (QED) is 0.390. The number of rotatable bonds is 7. The number of hydrogen-bond acceptors (Lipinski definition) is 10. The zero-order valence-corrected chi connectivity index (χ0v) is 18.0. The summed E-state index contributed by atoms with van der Waals surface area (Å²) in [5.41, 5.74) is 2.52. The second-order valence-corrected chi connectivity index (χ2v) is 9.23. The number of nitrogens with zero attached hydrogens (tertiary/aromatic N) is 3. The lowest BCUT2D eigenvalue weighted by molar-refractivity contribution is -0.00884. The molecule has 12 heteroatoms. The minimum atomic E-state index is -4.01. The summed E-state index contributed by atoms with van der Waals surface area (Å²) in [7, 11) is -2.80. The number of fused-ring (bicyclic) bond motifs is 1. The molecule has 1 aromatic carbocycles. The molecule has 31 heavy (non-hydrogen) atoms. The highest BCUT2D eigenvalue weighted by Gasteiger charge is 2.44. The molecule has 1 aromatic heterocycles. The second-order valence-electron chi connectivity index (χ2n) is 7.72. The van der Waals surface area contributed by atoms with Crippen molar-refractivity contribution in [2.75, 3.05) is 17.7 Å². The lowest BCUT2D eigenvalue weighted by atomic mass is 10.1. The zero-order chi connectivity index (χ0) is 22.2. The maximum atomic E-state index is 11.6. The van der Waals surface area contributed by atoms with Crippen LogP contribution in [0.25, 0.3) is 0 Å². The molecule has 1 heterocycles. The predicted octanol–water partition coefficient (Wildman–Crippen LogP) is 0.0348. The smallest absolute Gasteiger partial charge is 0.335 e. The van der Waals surface area contributed by atoms with E-state index in [1.807, 2.05) is 16.9 Å². The van der Waals surface area contributed by atoms with Gasteiger partial charge in [0.1, 0.15) is 24.1 Å². The number of aliphatic hydroxyl groups is 2. The van der Waals surface area contributed by atoms with E-state index in [9.17, 15) is 18.6 Å². The highest BCUT2D eigenvalue weighted by molar-refractivity contribution is 7.84. The van der Waals surface area contributed by atoms with Gasteiger partial charge < -0.3 is 20.8 Å². The largest absolute Gasteiger partial charge is 0.388 e. The Hall–Kier alpha value is -2.38. The molecule has 0 unspecified atom stereocenters. The lowest BCUT2D eigenvalue weighted by Crippen LogP contribution is -2.38. The molecule has 1 saturated carbocycles. The molecule has 0 radical (unpaired) electrons. The van der Waals surface area contributed by atoms with Gasteiger partial charge in [-0.05, 0) is 30.9 Å². The summed E-state index contributed by atoms with van der Waals surface area (Å²) >= 11 is 0. The number of aliphatic hydroxyl groups excluding tert-OH is 2. The van der Waals surface area contributed by atoms with Crippen LogP contribution in [0.3, 0.4) is 0 Å². The molecule has 2 aliphatic carbocycles. The van der Waals surface area contributed by atoms with Crippen LogP contribution in [0.4, 0.5) is 11.9 Å². The SMILES string of the molecule is CNS(=O)(=O)O[C@@H]1C[C@@H](Nc2nc(C)nc(N[C@H]3CCc4ccccc43)n2)[C@H](O)[C@H]1O. The first-order valence-corrected chi connectivity index (χ1v) is 11.5. The minimum Gasteiger partial charge on any atom is -0.388 e. The Labute approximate surface area is 180 Å². The van der Waals surface area contributed by atoms with Crippen molar-refractivity contribution < 1.29 is 22.8 Å². The van der Waals surface area contributed by atoms with Crippen LogP contribution in [0.5, 0.6) is 0 Å². The van der Waals surface area contributed by atoms with Crippen molar-refractivity contribution in [1.29, 1.82) is 0 Å². The van der Waals surface area contributed by atoms with Gasteiger partial charge in [0.05, 0.1) is 12.1 Å². The molecule has 2 aliphatic rings. The van der Waals surface area contributed by atoms with E-state index in [1.54, 1.807) is 6.92 Å². The van der Waals surface area contributed by atoms with Gasteiger partial charge in [-0.1, -0.05) is 24.3 Å². The number of aromatic nitrogens is 3. The van der Waals surface area contributed by atoms with Crippen molar-refractivity contribution in [3.8, 4) is 0 Å². The van der Waals surface area contributed by atoms with E-state index in [0.29, 0.717) is 11.8 Å². The van der Waals surface area contributed by atoms with Crippen LogP contribution in [0.15, 0.2) is 24.3 Å². The third kappa shape index (κ3) is 4.77. The van der Waals surface area contributed by atoms with Crippen molar-refractivity contribution in [3.63, 3.8) is 0 Å². The van der Waals surface area contributed by atoms with Crippen LogP contribution in [0.2, 0.25) is 0 Å². The molecule has 1 fully saturated rings. The molecule has 0 saturated heterocycles. The summed E-state index contributed by atoms with van der Waals surface area (Å²) in [6.07, 6.45) is -1.78. The van der Waals surface area contributed by atoms with E-state index in [-0.39, 0.29) is 18.4 Å². The average molecular weight is 451 g/mol. The molecule has 0 aliphatic heterocycles. The number of hydrogen-bond donors (Lipinski definition) is 5. The van der Waals surface area contributed by atoms with Crippen molar-refractivity contribution in [3.05, 3.63) is 41.2 Å². The molecular weight excluding hydrogens is 424 g/mol. The zero-order valence-electron chi connectivity index (χ0n) is 17.2. The van der Waals surface area contributed by atoms with Crippen LogP contribution in [0, 0.1) is 6.92 Å². The van der Waals surface area contributed by atoms with Gasteiger partial charge in [0.2, 0.25) is 11.9 Å². The molecule has 0 amide bonds. The van der Waals surface area contributed by atoms with Gasteiger partial charge in [-0.15, -0.1) is 0 Å². The monoisotopic (exact) mass is 450 g/mol. The fraction of sp³-hybridized carbons (Fsp3) is 0.526. The Balaban J connectivity index is 1.47. The van der Waals surface area contributed by atoms with E-state index in [1.165, 1.54) is 18.2 Å². The van der Waals surface area contributed by atoms with Gasteiger partial charge in [-0.3, -0.25) is 4.18 Å². The summed E-state index contributed by atoms with van der Waals surface area (Å²) in [5.74, 6) is 1.09. The van der Waals surface area contributed by atoms with E-state index in [4.69, 9.17) is 4.18 Å². The summed E-state index contributed by atoms with van der Waals surface area (Å²) in [6, 6.07) is 7.62. The highest BCUT2D eigenvalue weighted by atomic mass is 32.2. The molecule has 2 aromatic rings. The summed E-state index contributed by atoms with van der Waals surface area (Å²) in [4.78, 5) is 13.0. The average Bonchev–Trinajstić information content (AvgIpc) is 3.24. The van der Waals surface area contributed by atoms with Gasteiger partial charge in [0, 0.05) is 13.5 Å². The first-order valence-electron chi connectivity index (χ1n) is 10.1. The number of benzene rings is 1. The first-order chi connectivity index (χ1) is 14.8. The Morgan fingerprint density at radius 2 is 1.77 bits per heavy atom. The number of aryl methyl sites for hydroxylation is 2. The molecular formula is C19H26N6O5S. The highest BCUT2D eigenvalue weighted by Crippen LogP contribution is 2.33. The van der Waals surface area contributed by atoms with Gasteiger partial charge in [0.15, 0.2) is 0 Å². The third-order valence-corrected chi connectivity index (χ3v) is 6.63. The van der Waals surface area contributed by atoms with Crippen molar-refractivity contribution in [2.24, 2.45) is 0 Å². The van der Waals surface area contributed by atoms with Gasteiger partial charge in [-0.2, -0.15) is 28.1 Å². The number of anilines is 2. The summed E-state index contributed by atoms with van der Waals surface area (Å²) < 4.78 is 30.2. The van der Waals surface area contributed by atoms with Crippen LogP contribution in [0.1, 0.15) is 35.8 Å². The summed E-state index contributed by atoms with van der Waals surface area (Å²) in [6.45, 7) is 1.73. The molecule has 11 nitrogen and oxygen atoms in total. The summed E-state index contributed by atoms with van der Waals surface area (Å²) in [5, 5.41) is 26.8. The van der Waals surface area contributed by atoms with Crippen molar-refractivity contribution >= 4 is 22.2 Å². The second kappa shape index (κ2) is 8.63. The fourth-order valence-electron chi connectivity index (χ4n) is 4.08. The predicted molar refractivity (Wildman–Crippen MR) is 113 cm³/mol. The Morgan fingerprint density at radius 1 is 1.06 bits per heavy atom. The third-order valence-electron chi connectivity index (χ3n) is 5.63. The molecule has 4 rings (SSSR count). The van der Waals surface area contributed by atoms with E-state index >= 15 is 0 Å². The minimum absolute atomic E-state index is 0.0483. The fourth-order valence-corrected chi connectivity index (χ4v) is 4.69. The van der Waals surface area contributed by atoms with Crippen LogP contribution in [-0.4, -0.2) is 65.0 Å². The van der Waals surface area contributed by atoms with Gasteiger partial charge in [0.25, 0.3) is 0 Å².